The zero-order valence-electron chi connectivity index (χ0n) is 31.6. The van der Waals surface area contributed by atoms with Crippen LogP contribution < -0.4 is 0 Å². The minimum absolute atomic E-state index is 0.0644. The summed E-state index contributed by atoms with van der Waals surface area (Å²) in [5, 5.41) is 9.62. The monoisotopic (exact) mass is 728 g/mol. The quantitative estimate of drug-likeness (QED) is 0.205. The summed E-state index contributed by atoms with van der Waals surface area (Å²) in [7, 11) is 0. The van der Waals surface area contributed by atoms with Crippen molar-refractivity contribution >= 4 is 12.2 Å². The molecule has 4 aromatic rings. The molecule has 7 aliphatic rings. The van der Waals surface area contributed by atoms with Gasteiger partial charge in [-0.2, -0.15) is 10.2 Å². The van der Waals surface area contributed by atoms with E-state index in [9.17, 15) is 4.39 Å². The van der Waals surface area contributed by atoms with Crippen molar-refractivity contribution in [1.29, 1.82) is 0 Å². The molecule has 2 saturated heterocycles. The van der Waals surface area contributed by atoms with Crippen LogP contribution >= 0.6 is 0 Å². The Morgan fingerprint density at radius 2 is 1.33 bits per heavy atom. The summed E-state index contributed by atoms with van der Waals surface area (Å²) in [5.74, 6) is -1.42. The van der Waals surface area contributed by atoms with Crippen LogP contribution in [0.5, 0.6) is 0 Å². The summed E-state index contributed by atoms with van der Waals surface area (Å²) >= 11 is 0. The summed E-state index contributed by atoms with van der Waals surface area (Å²) in [6.07, 6.45) is 20.4. The van der Waals surface area contributed by atoms with Gasteiger partial charge in [-0.15, -0.1) is 0 Å². The Morgan fingerprint density at radius 1 is 0.741 bits per heavy atom. The molecule has 6 atom stereocenters. The van der Waals surface area contributed by atoms with Crippen LogP contribution in [-0.4, -0.2) is 55.6 Å². The van der Waals surface area contributed by atoms with Gasteiger partial charge in [-0.05, 0) is 130 Å². The van der Waals surface area contributed by atoms with Gasteiger partial charge in [0, 0.05) is 30.1 Å². The summed E-state index contributed by atoms with van der Waals surface area (Å²) in [6, 6.07) is 15.5. The third-order valence-electron chi connectivity index (χ3n) is 14.5. The highest BCUT2D eigenvalue weighted by Crippen LogP contribution is 2.63. The molecule has 3 unspecified atom stereocenters. The Bertz CT molecular complexity index is 2220. The molecule has 0 radical (unpaired) electrons. The molecule has 3 spiro atoms. The van der Waals surface area contributed by atoms with E-state index in [1.54, 1.807) is 12.1 Å². The van der Waals surface area contributed by atoms with E-state index in [-0.39, 0.29) is 34.5 Å². The van der Waals surface area contributed by atoms with E-state index in [1.807, 2.05) is 10.9 Å². The molecule has 4 heterocycles. The zero-order valence-corrected chi connectivity index (χ0v) is 31.6. The van der Waals surface area contributed by atoms with E-state index in [1.165, 1.54) is 58.5 Å². The van der Waals surface area contributed by atoms with E-state index in [0.29, 0.717) is 0 Å². The molecule has 54 heavy (non-hydrogen) atoms. The van der Waals surface area contributed by atoms with Crippen molar-refractivity contribution < 1.29 is 23.3 Å². The summed E-state index contributed by atoms with van der Waals surface area (Å²) in [4.78, 5) is 0. The second-order valence-electron chi connectivity index (χ2n) is 17.8. The van der Waals surface area contributed by atoms with Gasteiger partial charge >= 0.3 is 0 Å². The van der Waals surface area contributed by atoms with Crippen LogP contribution in [0.4, 0.5) is 4.39 Å². The summed E-state index contributed by atoms with van der Waals surface area (Å²) in [5.41, 5.74) is 10.4. The van der Waals surface area contributed by atoms with Crippen LogP contribution in [0.15, 0.2) is 72.1 Å². The highest BCUT2D eigenvalue weighted by Gasteiger charge is 2.65. The molecule has 8 nitrogen and oxygen atoms in total. The second kappa shape index (κ2) is 11.6. The van der Waals surface area contributed by atoms with Crippen LogP contribution in [0.1, 0.15) is 107 Å². The predicted molar refractivity (Wildman–Crippen MR) is 203 cm³/mol. The molecule has 0 bridgehead atoms. The maximum Gasteiger partial charge on any atom is 0.178 e. The molecule has 0 N–H and O–H groups in total. The second-order valence-corrected chi connectivity index (χ2v) is 17.8. The van der Waals surface area contributed by atoms with E-state index in [2.05, 4.69) is 68.1 Å². The van der Waals surface area contributed by atoms with Crippen molar-refractivity contribution in [2.45, 2.75) is 127 Å². The molecule has 2 aliphatic heterocycles. The Hall–Kier alpha value is -3.89. The highest BCUT2D eigenvalue weighted by molar-refractivity contribution is 5.64. The van der Waals surface area contributed by atoms with Crippen LogP contribution in [0.3, 0.4) is 0 Å². The summed E-state index contributed by atoms with van der Waals surface area (Å²) < 4.78 is 45.0. The lowest BCUT2D eigenvalue weighted by molar-refractivity contribution is -0.346. The first-order valence-corrected chi connectivity index (χ1v) is 20.2. The van der Waals surface area contributed by atoms with E-state index in [4.69, 9.17) is 29.1 Å². The summed E-state index contributed by atoms with van der Waals surface area (Å²) in [6.45, 7) is 7.67. The molecular weight excluding hydrogens is 680 g/mol. The number of nitrogens with zero attached hydrogens (tertiary/aromatic N) is 4. The lowest BCUT2D eigenvalue weighted by Crippen LogP contribution is -2.56. The lowest BCUT2D eigenvalue weighted by Gasteiger charge is -2.51. The first kappa shape index (κ1) is 33.4. The minimum Gasteiger partial charge on any atom is -0.349 e. The largest absolute Gasteiger partial charge is 0.349 e. The Kier molecular flexibility index (Phi) is 7.17. The average Bonchev–Trinajstić information content (AvgIpc) is 3.39. The van der Waals surface area contributed by atoms with Gasteiger partial charge in [0.2, 0.25) is 0 Å². The van der Waals surface area contributed by atoms with E-state index >= 15 is 0 Å². The van der Waals surface area contributed by atoms with Gasteiger partial charge in [-0.3, -0.25) is 0 Å². The number of rotatable bonds is 5. The molecule has 0 amide bonds. The maximum atomic E-state index is 13.7. The van der Waals surface area contributed by atoms with Crippen LogP contribution in [0.2, 0.25) is 0 Å². The predicted octanol–water partition coefficient (Wildman–Crippen LogP) is 8.87. The average molecular weight is 729 g/mol. The molecular formula is C45H49FN4O4. The minimum atomic E-state index is -0.669. The molecule has 9 heteroatoms. The van der Waals surface area contributed by atoms with Gasteiger partial charge in [0.1, 0.15) is 5.82 Å². The number of hydrogen-bond acceptors (Lipinski definition) is 6. The number of benzene rings is 2. The van der Waals surface area contributed by atoms with Crippen molar-refractivity contribution in [2.75, 3.05) is 6.61 Å². The first-order chi connectivity index (χ1) is 26.1. The van der Waals surface area contributed by atoms with Crippen molar-refractivity contribution in [1.82, 2.24) is 19.6 Å². The molecule has 2 aromatic heterocycles. The Balaban J connectivity index is 0.783. The number of halogens is 1. The fraction of sp³-hybridized carbons (Fsp3) is 0.511. The first-order valence-electron chi connectivity index (χ1n) is 20.2. The van der Waals surface area contributed by atoms with Crippen LogP contribution in [-0.2, 0) is 38.2 Å². The number of aryl methyl sites for hydroxylation is 1. The molecule has 280 valence electrons. The highest BCUT2D eigenvalue weighted by atomic mass is 19.1. The Labute approximate surface area is 316 Å². The third kappa shape index (κ3) is 4.87. The van der Waals surface area contributed by atoms with Crippen molar-refractivity contribution in [3.63, 3.8) is 0 Å². The van der Waals surface area contributed by atoms with E-state index < -0.39 is 11.6 Å². The lowest BCUT2D eigenvalue weighted by atomic mass is 9.71. The van der Waals surface area contributed by atoms with Gasteiger partial charge in [0.05, 0.1) is 59.6 Å². The maximum absolute atomic E-state index is 13.7. The van der Waals surface area contributed by atoms with Gasteiger partial charge in [-0.1, -0.05) is 37.1 Å². The van der Waals surface area contributed by atoms with Gasteiger partial charge in [-0.25, -0.2) is 13.8 Å². The molecule has 2 aromatic carbocycles. The normalized spacial score (nSPS) is 34.4. The van der Waals surface area contributed by atoms with Crippen molar-refractivity contribution in [3.05, 3.63) is 106 Å². The number of ether oxygens (including phenoxy) is 4. The molecule has 5 fully saturated rings. The van der Waals surface area contributed by atoms with Gasteiger partial charge in [0.25, 0.3) is 0 Å². The van der Waals surface area contributed by atoms with Crippen molar-refractivity contribution in [2.24, 2.45) is 10.8 Å². The fourth-order valence-electron chi connectivity index (χ4n) is 11.1. The zero-order chi connectivity index (χ0) is 36.5. The molecule has 3 saturated carbocycles. The van der Waals surface area contributed by atoms with Gasteiger partial charge < -0.3 is 18.9 Å². The molecule has 11 rings (SSSR count). The Morgan fingerprint density at radius 3 is 1.96 bits per heavy atom. The number of hydrogen-bond donors (Lipinski definition) is 0. The van der Waals surface area contributed by atoms with Gasteiger partial charge in [0.15, 0.2) is 11.6 Å². The smallest absolute Gasteiger partial charge is 0.178 e. The van der Waals surface area contributed by atoms with Crippen LogP contribution in [0, 0.1) is 16.6 Å². The standard InChI is InChI=1S/C45H49FN4O4/c1-29-22-38(53-45(52-29)17-15-34-24-40-32(26-42(34,45)3)28-48-50(40)37-11-7-35(46)8-12-37)13-6-30-4-9-36(10-5-30)49-39-23-33-14-16-44(41(33,2)25-31(39)27-47-49)51-21-20-43(54-44)18-19-43/h4-5,7-12,23-24,27-29,38H,6,13-22,25-26H2,1-3H3/t29-,38+,41?,42+,44?,45?/m1/s1. The molecule has 5 aliphatic carbocycles. The number of fused-ring (bicyclic) bond motifs is 6. The fourth-order valence-corrected chi connectivity index (χ4v) is 11.1. The third-order valence-corrected chi connectivity index (χ3v) is 14.5. The topological polar surface area (TPSA) is 72.6 Å². The van der Waals surface area contributed by atoms with Crippen LogP contribution in [0.25, 0.3) is 23.5 Å². The number of aromatic nitrogens is 4. The SMILES string of the molecule is C[C@@H]1C[C@H](CCc2ccc(-n3ncc4c3C=C3CCC5(OCCC6(CC6)O5)C3(C)C4)cc2)OC2(CCC3=Cc4c(cnn4-c4ccc(F)cc4)C[C@@]32C)O1. The van der Waals surface area contributed by atoms with Crippen molar-refractivity contribution in [3.8, 4) is 11.4 Å². The van der Waals surface area contributed by atoms with E-state index in [0.717, 1.165) is 87.9 Å².